The summed E-state index contributed by atoms with van der Waals surface area (Å²) in [5.41, 5.74) is 0. The molecule has 4 atom stereocenters. The van der Waals surface area contributed by atoms with Crippen LogP contribution in [0, 0.1) is 29.6 Å². The van der Waals surface area contributed by atoms with Crippen molar-refractivity contribution < 1.29 is 28.6 Å². The fourth-order valence-electron chi connectivity index (χ4n) is 8.83. The maximum atomic E-state index is 12.6. The lowest BCUT2D eigenvalue weighted by molar-refractivity contribution is -0.153. The monoisotopic (exact) mass is 841 g/mol. The summed E-state index contributed by atoms with van der Waals surface area (Å²) in [6, 6.07) is 0. The van der Waals surface area contributed by atoms with E-state index < -0.39 is 0 Å². The third-order valence-electron chi connectivity index (χ3n) is 13.2. The first-order valence-corrected chi connectivity index (χ1v) is 26.2. The van der Waals surface area contributed by atoms with Crippen molar-refractivity contribution in [2.24, 2.45) is 29.6 Å². The average molecular weight is 841 g/mol. The zero-order valence-corrected chi connectivity index (χ0v) is 39.7. The zero-order chi connectivity index (χ0) is 43.1. The molecule has 0 bridgehead atoms. The van der Waals surface area contributed by atoms with Gasteiger partial charge < -0.3 is 14.2 Å². The van der Waals surface area contributed by atoms with Gasteiger partial charge in [-0.05, 0) is 87.9 Å². The number of hydrogen-bond donors (Lipinski definition) is 0. The van der Waals surface area contributed by atoms with Crippen LogP contribution in [0.3, 0.4) is 0 Å². The van der Waals surface area contributed by atoms with Gasteiger partial charge in [0.2, 0.25) is 0 Å². The molecule has 0 amide bonds. The molecule has 0 aliphatic heterocycles. The predicted molar refractivity (Wildman–Crippen MR) is 252 cm³/mol. The molecule has 0 saturated heterocycles. The van der Waals surface area contributed by atoms with Gasteiger partial charge in [0.1, 0.15) is 19.8 Å². The third kappa shape index (κ3) is 32.6. The van der Waals surface area contributed by atoms with E-state index in [0.29, 0.717) is 19.3 Å². The van der Waals surface area contributed by atoms with Crippen molar-refractivity contribution in [3.63, 3.8) is 0 Å². The Bertz CT molecular complexity index is 1040. The number of ether oxygens (including phenoxy) is 3. The summed E-state index contributed by atoms with van der Waals surface area (Å²) in [6.07, 6.45) is 50.8. The second kappa shape index (κ2) is 38.6. The van der Waals surface area contributed by atoms with Crippen molar-refractivity contribution in [3.8, 4) is 0 Å². The van der Waals surface area contributed by atoms with Gasteiger partial charge in [-0.1, -0.05) is 193 Å². The van der Waals surface area contributed by atoms with E-state index in [4.69, 9.17) is 14.2 Å². The molecule has 0 N–H and O–H groups in total. The SMILES string of the molecule is CCCCC/C=C\C/C=C\CCCCCCCC(=O)OCC(COC(=O)CCCCCCCC1CC1CCCCC)COC(=O)CCCCCCCC1CC1CCCCC. The Kier molecular flexibility index (Phi) is 34.7. The molecule has 4 unspecified atom stereocenters. The Balaban J connectivity index is 1.58. The van der Waals surface area contributed by atoms with Crippen LogP contribution in [-0.4, -0.2) is 37.7 Å². The van der Waals surface area contributed by atoms with E-state index in [0.717, 1.165) is 81.5 Å². The van der Waals surface area contributed by atoms with E-state index in [9.17, 15) is 14.4 Å². The summed E-state index contributed by atoms with van der Waals surface area (Å²) in [7, 11) is 0. The van der Waals surface area contributed by atoms with Crippen molar-refractivity contribution in [1.82, 2.24) is 0 Å². The van der Waals surface area contributed by atoms with Crippen LogP contribution in [0.1, 0.15) is 252 Å². The zero-order valence-electron chi connectivity index (χ0n) is 39.7. The number of rotatable bonds is 44. The van der Waals surface area contributed by atoms with Crippen molar-refractivity contribution >= 4 is 17.9 Å². The van der Waals surface area contributed by atoms with Gasteiger partial charge in [-0.3, -0.25) is 14.4 Å². The van der Waals surface area contributed by atoms with Crippen molar-refractivity contribution in [2.45, 2.75) is 252 Å². The minimum Gasteiger partial charge on any atom is -0.465 e. The van der Waals surface area contributed by atoms with Crippen molar-refractivity contribution in [1.29, 1.82) is 0 Å². The van der Waals surface area contributed by atoms with Crippen LogP contribution in [0.15, 0.2) is 24.3 Å². The molecule has 6 nitrogen and oxygen atoms in total. The number of unbranched alkanes of at least 4 members (excludes halogenated alkanes) is 20. The van der Waals surface area contributed by atoms with E-state index in [1.54, 1.807) is 0 Å². The quantitative estimate of drug-likeness (QED) is 0.0263. The van der Waals surface area contributed by atoms with Crippen molar-refractivity contribution in [3.05, 3.63) is 24.3 Å². The van der Waals surface area contributed by atoms with Crippen LogP contribution in [0.2, 0.25) is 0 Å². The Hall–Kier alpha value is -2.11. The smallest absolute Gasteiger partial charge is 0.305 e. The topological polar surface area (TPSA) is 78.9 Å². The fraction of sp³-hybridized carbons (Fsp3) is 0.870. The predicted octanol–water partition coefficient (Wildman–Crippen LogP) is 15.9. The summed E-state index contributed by atoms with van der Waals surface area (Å²) in [5, 5.41) is 0. The van der Waals surface area contributed by atoms with Crippen LogP contribution in [0.5, 0.6) is 0 Å². The lowest BCUT2D eigenvalue weighted by Gasteiger charge is -2.17. The minimum atomic E-state index is -0.354. The molecule has 2 saturated carbocycles. The van der Waals surface area contributed by atoms with Crippen LogP contribution in [0.25, 0.3) is 0 Å². The Morgan fingerprint density at radius 2 is 0.700 bits per heavy atom. The second-order valence-electron chi connectivity index (χ2n) is 19.0. The highest BCUT2D eigenvalue weighted by molar-refractivity contribution is 5.70. The van der Waals surface area contributed by atoms with Crippen molar-refractivity contribution in [2.75, 3.05) is 19.8 Å². The van der Waals surface area contributed by atoms with Gasteiger partial charge in [-0.15, -0.1) is 0 Å². The minimum absolute atomic E-state index is 0.0978. The highest BCUT2D eigenvalue weighted by Gasteiger charge is 2.35. The maximum Gasteiger partial charge on any atom is 0.305 e. The molecule has 0 aromatic carbocycles. The van der Waals surface area contributed by atoms with Crippen LogP contribution in [0.4, 0.5) is 0 Å². The first kappa shape index (κ1) is 54.0. The molecule has 0 aromatic rings. The molecule has 6 heteroatoms. The molecule has 2 aliphatic rings. The fourth-order valence-corrected chi connectivity index (χ4v) is 8.83. The highest BCUT2D eigenvalue weighted by Crippen LogP contribution is 2.46. The number of esters is 3. The Labute approximate surface area is 371 Å². The summed E-state index contributed by atoms with van der Waals surface area (Å²) in [6.45, 7) is 7.10. The van der Waals surface area contributed by atoms with Gasteiger partial charge in [-0.2, -0.15) is 0 Å². The lowest BCUT2D eigenvalue weighted by Crippen LogP contribution is -2.26. The summed E-state index contributed by atoms with van der Waals surface area (Å²) in [5.74, 6) is 2.94. The second-order valence-corrected chi connectivity index (χ2v) is 19.0. The van der Waals surface area contributed by atoms with Gasteiger partial charge in [0.05, 0.1) is 5.92 Å². The number of carbonyl (C=O) groups is 3. The lowest BCUT2D eigenvalue weighted by atomic mass is 10.0. The molecule has 348 valence electrons. The standard InChI is InChI=1S/C54H96O6/c1-4-7-10-11-12-13-14-15-16-17-18-19-20-25-32-39-52(55)58-44-47(45-59-53(56)40-33-26-21-23-30-37-50-42-48(50)35-28-8-5-2)46-60-54(57)41-34-27-22-24-31-38-51-43-49(51)36-29-9-6-3/h12-13,15-16,47-51H,4-11,14,17-46H2,1-3H3/b13-12-,16-15-. The molecule has 0 heterocycles. The molecule has 0 aromatic heterocycles. The van der Waals surface area contributed by atoms with Gasteiger partial charge in [0, 0.05) is 19.3 Å². The number of hydrogen-bond acceptors (Lipinski definition) is 6. The van der Waals surface area contributed by atoms with Crippen LogP contribution in [-0.2, 0) is 28.6 Å². The molecule has 2 rings (SSSR count). The van der Waals surface area contributed by atoms with Crippen LogP contribution < -0.4 is 0 Å². The molecule has 60 heavy (non-hydrogen) atoms. The molecular formula is C54H96O6. The van der Waals surface area contributed by atoms with E-state index >= 15 is 0 Å². The molecule has 2 fully saturated rings. The third-order valence-corrected chi connectivity index (χ3v) is 13.2. The normalized spacial score (nSPS) is 18.9. The molecule has 2 aliphatic carbocycles. The van der Waals surface area contributed by atoms with E-state index in [-0.39, 0.29) is 43.6 Å². The summed E-state index contributed by atoms with van der Waals surface area (Å²) >= 11 is 0. The van der Waals surface area contributed by atoms with E-state index in [1.165, 1.54) is 154 Å². The first-order valence-electron chi connectivity index (χ1n) is 26.2. The maximum absolute atomic E-state index is 12.6. The first-order chi connectivity index (χ1) is 29.5. The molecule has 0 spiro atoms. The average Bonchev–Trinajstić information content (AvgIpc) is 4.18. The van der Waals surface area contributed by atoms with Gasteiger partial charge in [0.15, 0.2) is 0 Å². The van der Waals surface area contributed by atoms with E-state index in [2.05, 4.69) is 45.1 Å². The van der Waals surface area contributed by atoms with Gasteiger partial charge >= 0.3 is 17.9 Å². The largest absolute Gasteiger partial charge is 0.465 e. The van der Waals surface area contributed by atoms with Crippen LogP contribution >= 0.6 is 0 Å². The van der Waals surface area contributed by atoms with Gasteiger partial charge in [-0.25, -0.2) is 0 Å². The number of carbonyl (C=O) groups excluding carboxylic acids is 3. The molecule has 0 radical (unpaired) electrons. The summed E-state index contributed by atoms with van der Waals surface area (Å²) < 4.78 is 16.9. The Morgan fingerprint density at radius 3 is 1.08 bits per heavy atom. The number of allylic oxidation sites excluding steroid dienone is 4. The van der Waals surface area contributed by atoms with Gasteiger partial charge in [0.25, 0.3) is 0 Å². The van der Waals surface area contributed by atoms with E-state index in [1.807, 2.05) is 0 Å². The molecular weight excluding hydrogens is 745 g/mol. The highest BCUT2D eigenvalue weighted by atomic mass is 16.6. The Morgan fingerprint density at radius 1 is 0.400 bits per heavy atom. The summed E-state index contributed by atoms with van der Waals surface area (Å²) in [4.78, 5) is 37.9.